The van der Waals surface area contributed by atoms with Crippen LogP contribution in [0.3, 0.4) is 0 Å². The smallest absolute Gasteiger partial charge is 0.450 e. The zero-order chi connectivity index (χ0) is 8.85. The molecule has 0 aromatic rings. The normalized spacial score (nSPS) is 28.8. The van der Waals surface area contributed by atoms with Crippen molar-refractivity contribution in [2.24, 2.45) is 5.92 Å². The van der Waals surface area contributed by atoms with E-state index in [0.29, 0.717) is 0 Å². The van der Waals surface area contributed by atoms with Crippen LogP contribution in [0.4, 0.5) is 4.79 Å². The van der Waals surface area contributed by atoms with Gasteiger partial charge in [-0.2, -0.15) is 0 Å². The molecule has 1 aliphatic heterocycles. The van der Waals surface area contributed by atoms with E-state index in [-0.39, 0.29) is 0 Å². The molecule has 0 aromatic carbocycles. The Morgan fingerprint density at radius 2 is 2.00 bits per heavy atom. The van der Waals surface area contributed by atoms with Gasteiger partial charge in [0.05, 0.1) is 0 Å². The molecule has 1 heterocycles. The van der Waals surface area contributed by atoms with Gasteiger partial charge < -0.3 is 10.2 Å². The number of carboxylic acid groups (broad SMARTS) is 2. The van der Waals surface area contributed by atoms with E-state index in [1.54, 1.807) is 0 Å². The largest absolute Gasteiger partial charge is 0.503 e. The Morgan fingerprint density at radius 1 is 1.55 bits per heavy atom. The lowest BCUT2D eigenvalue weighted by Crippen LogP contribution is -1.92. The summed E-state index contributed by atoms with van der Waals surface area (Å²) in [7, 11) is -0.453. The number of hydrogen-bond acceptors (Lipinski definition) is 2. The van der Waals surface area contributed by atoms with E-state index in [1.165, 1.54) is 6.42 Å². The third-order valence-corrected chi connectivity index (χ3v) is 2.94. The predicted octanol–water partition coefficient (Wildman–Crippen LogP) is 0.997. The van der Waals surface area contributed by atoms with Gasteiger partial charge in [-0.15, -0.1) is 0 Å². The molecule has 0 aromatic heterocycles. The molecule has 0 aliphatic carbocycles. The molecule has 66 valence electrons. The average Bonchev–Trinajstić information content (AvgIpc) is 2.13. The van der Waals surface area contributed by atoms with E-state index in [4.69, 9.17) is 15.0 Å². The maximum atomic E-state index is 10.6. The fourth-order valence-corrected chi connectivity index (χ4v) is 2.45. The maximum absolute atomic E-state index is 10.6. The molecule has 5 heteroatoms. The molecule has 0 amide bonds. The first-order chi connectivity index (χ1) is 5.02. The summed E-state index contributed by atoms with van der Waals surface area (Å²) in [5.74, 6) is 2.61. The third kappa shape index (κ3) is 7.32. The van der Waals surface area contributed by atoms with Crippen LogP contribution in [0.1, 0.15) is 13.3 Å². The fraction of sp³-hybridized carbons (Fsp3) is 0.833. The van der Waals surface area contributed by atoms with Crippen molar-refractivity contribution in [3.8, 4) is 0 Å². The molecule has 2 unspecified atom stereocenters. The highest BCUT2D eigenvalue weighted by atomic mass is 32.2. The first-order valence-corrected chi connectivity index (χ1v) is 4.78. The van der Waals surface area contributed by atoms with Crippen LogP contribution in [0.5, 0.6) is 0 Å². The molecule has 0 bridgehead atoms. The van der Waals surface area contributed by atoms with Crippen LogP contribution in [0.15, 0.2) is 0 Å². The maximum Gasteiger partial charge on any atom is 0.503 e. The van der Waals surface area contributed by atoms with Crippen LogP contribution < -0.4 is 0 Å². The van der Waals surface area contributed by atoms with Gasteiger partial charge in [0.2, 0.25) is 0 Å². The van der Waals surface area contributed by atoms with Crippen LogP contribution in [0.2, 0.25) is 0 Å². The Balaban J connectivity index is 0.000000218. The standard InChI is InChI=1S/C5H10OS.CH2O3/c1-5-2-3-7(6)4-5;2-1(3)4/h5H,2-4H2,1H3;(H2,2,3,4). The monoisotopic (exact) mass is 180 g/mol. The summed E-state index contributed by atoms with van der Waals surface area (Å²) >= 11 is 0. The molecule has 11 heavy (non-hydrogen) atoms. The molecule has 0 spiro atoms. The van der Waals surface area contributed by atoms with Gasteiger partial charge in [-0.3, -0.25) is 4.21 Å². The minimum Gasteiger partial charge on any atom is -0.450 e. The lowest BCUT2D eigenvalue weighted by atomic mass is 10.2. The predicted molar refractivity (Wildman–Crippen MR) is 42.3 cm³/mol. The molecule has 1 rings (SSSR count). The van der Waals surface area contributed by atoms with Crippen molar-refractivity contribution >= 4 is 17.0 Å². The van der Waals surface area contributed by atoms with Gasteiger partial charge in [-0.1, -0.05) is 6.92 Å². The second-order valence-corrected chi connectivity index (χ2v) is 4.11. The van der Waals surface area contributed by atoms with Crippen molar-refractivity contribution in [3.63, 3.8) is 0 Å². The minimum absolute atomic E-state index is 0.453. The quantitative estimate of drug-likeness (QED) is 0.583. The molecular formula is C6H12O4S. The molecule has 0 saturated carbocycles. The Labute approximate surface area is 67.7 Å². The van der Waals surface area contributed by atoms with Crippen molar-refractivity contribution in [1.82, 2.24) is 0 Å². The Hall–Kier alpha value is -0.580. The van der Waals surface area contributed by atoms with Crippen molar-refractivity contribution in [2.45, 2.75) is 13.3 Å². The summed E-state index contributed by atoms with van der Waals surface area (Å²) in [4.78, 5) is 8.56. The van der Waals surface area contributed by atoms with Gasteiger partial charge >= 0.3 is 6.16 Å². The van der Waals surface area contributed by atoms with Gasteiger partial charge in [0, 0.05) is 22.3 Å². The molecule has 0 radical (unpaired) electrons. The zero-order valence-corrected chi connectivity index (χ0v) is 7.13. The summed E-state index contributed by atoms with van der Waals surface area (Å²) in [6, 6.07) is 0. The molecule has 4 nitrogen and oxygen atoms in total. The topological polar surface area (TPSA) is 74.6 Å². The molecule has 2 N–H and O–H groups in total. The first-order valence-electron chi connectivity index (χ1n) is 3.29. The van der Waals surface area contributed by atoms with E-state index in [9.17, 15) is 4.21 Å². The van der Waals surface area contributed by atoms with Crippen molar-refractivity contribution in [3.05, 3.63) is 0 Å². The molecule has 1 aliphatic rings. The minimum atomic E-state index is -1.83. The lowest BCUT2D eigenvalue weighted by Gasteiger charge is -1.89. The second kappa shape index (κ2) is 5.12. The van der Waals surface area contributed by atoms with E-state index in [2.05, 4.69) is 6.92 Å². The second-order valence-electron chi connectivity index (χ2n) is 2.49. The summed E-state index contributed by atoms with van der Waals surface area (Å²) < 4.78 is 10.6. The summed E-state index contributed by atoms with van der Waals surface area (Å²) in [5, 5.41) is 13.9. The van der Waals surface area contributed by atoms with E-state index in [0.717, 1.165) is 17.4 Å². The van der Waals surface area contributed by atoms with Crippen molar-refractivity contribution in [1.29, 1.82) is 0 Å². The SMILES string of the molecule is CC1CCS(=O)C1.O=C(O)O. The van der Waals surface area contributed by atoms with Gasteiger partial charge in [-0.05, 0) is 12.3 Å². The average molecular weight is 180 g/mol. The summed E-state index contributed by atoms with van der Waals surface area (Å²) in [6.07, 6.45) is -0.660. The van der Waals surface area contributed by atoms with E-state index < -0.39 is 17.0 Å². The van der Waals surface area contributed by atoms with Crippen molar-refractivity contribution < 1.29 is 19.2 Å². The Kier molecular flexibility index (Phi) is 4.85. The molecule has 1 saturated heterocycles. The Bertz CT molecular complexity index is 153. The van der Waals surface area contributed by atoms with Crippen LogP contribution in [-0.2, 0) is 10.8 Å². The van der Waals surface area contributed by atoms with Crippen molar-refractivity contribution in [2.75, 3.05) is 11.5 Å². The van der Waals surface area contributed by atoms with Gasteiger partial charge in [0.1, 0.15) is 0 Å². The van der Waals surface area contributed by atoms with E-state index in [1.807, 2.05) is 0 Å². The van der Waals surface area contributed by atoms with Gasteiger partial charge in [0.15, 0.2) is 0 Å². The van der Waals surface area contributed by atoms with Crippen LogP contribution in [-0.4, -0.2) is 32.1 Å². The first kappa shape index (κ1) is 10.4. The lowest BCUT2D eigenvalue weighted by molar-refractivity contribution is 0.137. The molecular weight excluding hydrogens is 168 g/mol. The molecule has 2 atom stereocenters. The third-order valence-electron chi connectivity index (χ3n) is 1.31. The highest BCUT2D eigenvalue weighted by molar-refractivity contribution is 7.85. The Morgan fingerprint density at radius 3 is 2.09 bits per heavy atom. The van der Waals surface area contributed by atoms with Crippen LogP contribution in [0, 0.1) is 5.92 Å². The fourth-order valence-electron chi connectivity index (χ4n) is 0.817. The highest BCUT2D eigenvalue weighted by Gasteiger charge is 2.15. The van der Waals surface area contributed by atoms with Gasteiger partial charge in [-0.25, -0.2) is 4.79 Å². The summed E-state index contributed by atoms with van der Waals surface area (Å²) in [6.45, 7) is 2.16. The molecule has 1 fully saturated rings. The van der Waals surface area contributed by atoms with Crippen LogP contribution >= 0.6 is 0 Å². The van der Waals surface area contributed by atoms with E-state index >= 15 is 0 Å². The number of carbonyl (C=O) groups is 1. The number of hydrogen-bond donors (Lipinski definition) is 2. The van der Waals surface area contributed by atoms with Gasteiger partial charge in [0.25, 0.3) is 0 Å². The number of rotatable bonds is 0. The highest BCUT2D eigenvalue weighted by Crippen LogP contribution is 2.12. The van der Waals surface area contributed by atoms with Crippen LogP contribution in [0.25, 0.3) is 0 Å². The summed E-state index contributed by atoms with van der Waals surface area (Å²) in [5.41, 5.74) is 0. The zero-order valence-electron chi connectivity index (χ0n) is 6.32.